The van der Waals surface area contributed by atoms with E-state index < -0.39 is 11.8 Å². The van der Waals surface area contributed by atoms with E-state index in [1.54, 1.807) is 43.3 Å². The maximum Gasteiger partial charge on any atom is 0.329 e. The molecule has 0 aliphatic rings. The maximum absolute atomic E-state index is 11.9. The lowest BCUT2D eigenvalue weighted by atomic mass is 10.2. The van der Waals surface area contributed by atoms with Gasteiger partial charge in [-0.3, -0.25) is 9.59 Å². The summed E-state index contributed by atoms with van der Waals surface area (Å²) in [6, 6.07) is 10.1. The number of hydrogen-bond acceptors (Lipinski definition) is 5. The Morgan fingerprint density at radius 2 is 1.77 bits per heavy atom. The van der Waals surface area contributed by atoms with Gasteiger partial charge in [0.2, 0.25) is 0 Å². The molecule has 136 valence electrons. The van der Waals surface area contributed by atoms with Gasteiger partial charge in [-0.05, 0) is 54.4 Å². The number of hydrazone groups is 1. The van der Waals surface area contributed by atoms with E-state index in [1.165, 1.54) is 20.4 Å². The van der Waals surface area contributed by atoms with E-state index in [4.69, 9.17) is 21.1 Å². The number of anilines is 1. The number of aryl methyl sites for hydroxylation is 1. The second-order valence-corrected chi connectivity index (χ2v) is 5.66. The zero-order valence-electron chi connectivity index (χ0n) is 14.5. The first-order chi connectivity index (χ1) is 12.4. The summed E-state index contributed by atoms with van der Waals surface area (Å²) in [5, 5.41) is 6.81. The van der Waals surface area contributed by atoms with Gasteiger partial charge >= 0.3 is 11.8 Å². The third-order valence-corrected chi connectivity index (χ3v) is 3.67. The molecule has 2 aromatic rings. The summed E-state index contributed by atoms with van der Waals surface area (Å²) >= 11 is 5.86. The molecule has 0 saturated heterocycles. The van der Waals surface area contributed by atoms with Crippen molar-refractivity contribution >= 4 is 35.3 Å². The molecule has 7 nitrogen and oxygen atoms in total. The van der Waals surface area contributed by atoms with Crippen LogP contribution in [0.5, 0.6) is 11.5 Å². The van der Waals surface area contributed by atoms with Crippen molar-refractivity contribution in [2.24, 2.45) is 5.10 Å². The van der Waals surface area contributed by atoms with Crippen LogP contribution in [-0.2, 0) is 9.59 Å². The smallest absolute Gasteiger partial charge is 0.329 e. The van der Waals surface area contributed by atoms with Crippen molar-refractivity contribution in [2.45, 2.75) is 6.92 Å². The highest BCUT2D eigenvalue weighted by Gasteiger charge is 2.14. The molecule has 0 aliphatic heterocycles. The average Bonchev–Trinajstić information content (AvgIpc) is 2.63. The lowest BCUT2D eigenvalue weighted by Crippen LogP contribution is -2.32. The lowest BCUT2D eigenvalue weighted by Gasteiger charge is -2.08. The predicted molar refractivity (Wildman–Crippen MR) is 100 cm³/mol. The Bertz CT molecular complexity index is 852. The van der Waals surface area contributed by atoms with Crippen LogP contribution in [0.4, 0.5) is 5.69 Å². The van der Waals surface area contributed by atoms with Gasteiger partial charge in [0, 0.05) is 10.7 Å². The second kappa shape index (κ2) is 8.87. The van der Waals surface area contributed by atoms with Crippen LogP contribution in [0.1, 0.15) is 11.1 Å². The van der Waals surface area contributed by atoms with Crippen LogP contribution in [0.15, 0.2) is 41.5 Å². The van der Waals surface area contributed by atoms with Gasteiger partial charge in [0.15, 0.2) is 11.5 Å². The molecule has 0 radical (unpaired) electrons. The minimum atomic E-state index is -0.893. The number of nitrogens with zero attached hydrogens (tertiary/aromatic N) is 1. The fraction of sp³-hybridized carbons (Fsp3) is 0.167. The zero-order chi connectivity index (χ0) is 19.1. The fourth-order valence-electron chi connectivity index (χ4n) is 2.10. The molecule has 2 amide bonds. The third-order valence-electron chi connectivity index (χ3n) is 3.43. The Morgan fingerprint density at radius 3 is 2.42 bits per heavy atom. The average molecular weight is 376 g/mol. The first kappa shape index (κ1) is 19.3. The zero-order valence-corrected chi connectivity index (χ0v) is 15.3. The van der Waals surface area contributed by atoms with Crippen molar-refractivity contribution in [3.63, 3.8) is 0 Å². The van der Waals surface area contributed by atoms with Crippen LogP contribution in [0, 0.1) is 6.92 Å². The Balaban J connectivity index is 1.97. The molecule has 26 heavy (non-hydrogen) atoms. The van der Waals surface area contributed by atoms with E-state index in [1.807, 2.05) is 0 Å². The Kier molecular flexibility index (Phi) is 6.57. The summed E-state index contributed by atoms with van der Waals surface area (Å²) in [6.45, 7) is 1.77. The Hall–Kier alpha value is -3.06. The van der Waals surface area contributed by atoms with E-state index in [0.717, 1.165) is 5.56 Å². The van der Waals surface area contributed by atoms with Crippen molar-refractivity contribution < 1.29 is 19.1 Å². The molecule has 8 heteroatoms. The SMILES string of the molecule is COc1ccc(C=NNC(=O)C(=O)Nc2ccc(Cl)cc2C)cc1OC. The molecule has 0 spiro atoms. The van der Waals surface area contributed by atoms with Crippen molar-refractivity contribution in [2.75, 3.05) is 19.5 Å². The number of halogens is 1. The van der Waals surface area contributed by atoms with Crippen LogP contribution in [-0.4, -0.2) is 32.2 Å². The van der Waals surface area contributed by atoms with Crippen LogP contribution >= 0.6 is 11.6 Å². The minimum Gasteiger partial charge on any atom is -0.493 e. The number of rotatable bonds is 5. The molecule has 0 heterocycles. The van der Waals surface area contributed by atoms with E-state index in [-0.39, 0.29) is 0 Å². The van der Waals surface area contributed by atoms with Crippen LogP contribution < -0.4 is 20.2 Å². The monoisotopic (exact) mass is 375 g/mol. The van der Waals surface area contributed by atoms with Gasteiger partial charge in [0.05, 0.1) is 20.4 Å². The molecule has 2 aromatic carbocycles. The highest BCUT2D eigenvalue weighted by molar-refractivity contribution is 6.39. The third kappa shape index (κ3) is 4.97. The van der Waals surface area contributed by atoms with Crippen molar-refractivity contribution in [1.82, 2.24) is 5.43 Å². The number of ether oxygens (including phenoxy) is 2. The second-order valence-electron chi connectivity index (χ2n) is 5.23. The lowest BCUT2D eigenvalue weighted by molar-refractivity contribution is -0.136. The van der Waals surface area contributed by atoms with Gasteiger partial charge in [0.25, 0.3) is 0 Å². The van der Waals surface area contributed by atoms with E-state index >= 15 is 0 Å². The summed E-state index contributed by atoms with van der Waals surface area (Å²) < 4.78 is 10.3. The molecule has 0 aromatic heterocycles. The largest absolute Gasteiger partial charge is 0.493 e. The van der Waals surface area contributed by atoms with Gasteiger partial charge in [-0.15, -0.1) is 0 Å². The number of amides is 2. The quantitative estimate of drug-likeness (QED) is 0.477. The van der Waals surface area contributed by atoms with Crippen molar-refractivity contribution in [1.29, 1.82) is 0 Å². The Labute approximate surface area is 155 Å². The number of methoxy groups -OCH3 is 2. The number of carbonyl (C=O) groups is 2. The first-order valence-corrected chi connectivity index (χ1v) is 7.95. The summed E-state index contributed by atoms with van der Waals surface area (Å²) in [5.74, 6) is -0.624. The topological polar surface area (TPSA) is 89.0 Å². The van der Waals surface area contributed by atoms with Gasteiger partial charge in [-0.2, -0.15) is 5.10 Å². The maximum atomic E-state index is 11.9. The molecule has 2 N–H and O–H groups in total. The summed E-state index contributed by atoms with van der Waals surface area (Å²) in [4.78, 5) is 23.7. The van der Waals surface area contributed by atoms with Gasteiger partial charge in [0.1, 0.15) is 0 Å². The predicted octanol–water partition coefficient (Wildman–Crippen LogP) is 2.75. The number of carbonyl (C=O) groups excluding carboxylic acids is 2. The van der Waals surface area contributed by atoms with Crippen molar-refractivity contribution in [3.05, 3.63) is 52.5 Å². The van der Waals surface area contributed by atoms with Gasteiger partial charge in [-0.1, -0.05) is 11.6 Å². The standard InChI is InChI=1S/C18H18ClN3O4/c1-11-8-13(19)5-6-14(11)21-17(23)18(24)22-20-10-12-4-7-15(25-2)16(9-12)26-3/h4-10H,1-3H3,(H,21,23)(H,22,24). The van der Waals surface area contributed by atoms with E-state index in [2.05, 4.69) is 15.8 Å². The van der Waals surface area contributed by atoms with Crippen LogP contribution in [0.2, 0.25) is 5.02 Å². The Morgan fingerprint density at radius 1 is 1.04 bits per heavy atom. The van der Waals surface area contributed by atoms with Crippen molar-refractivity contribution in [3.8, 4) is 11.5 Å². The highest BCUT2D eigenvalue weighted by Crippen LogP contribution is 2.26. The molecule has 0 saturated carbocycles. The molecule has 2 rings (SSSR count). The summed E-state index contributed by atoms with van der Waals surface area (Å²) in [5.41, 5.74) is 4.07. The minimum absolute atomic E-state index is 0.499. The fourth-order valence-corrected chi connectivity index (χ4v) is 2.32. The van der Waals surface area contributed by atoms with Gasteiger partial charge < -0.3 is 14.8 Å². The van der Waals surface area contributed by atoms with Gasteiger partial charge in [-0.25, -0.2) is 5.43 Å². The van der Waals surface area contributed by atoms with Crippen LogP contribution in [0.25, 0.3) is 0 Å². The van der Waals surface area contributed by atoms with Crippen LogP contribution in [0.3, 0.4) is 0 Å². The summed E-state index contributed by atoms with van der Waals surface area (Å²) in [7, 11) is 3.05. The molecule has 0 atom stereocenters. The molecule has 0 bridgehead atoms. The van der Waals surface area contributed by atoms with E-state index in [9.17, 15) is 9.59 Å². The summed E-state index contributed by atoms with van der Waals surface area (Å²) in [6.07, 6.45) is 1.39. The number of benzene rings is 2. The highest BCUT2D eigenvalue weighted by atomic mass is 35.5. The molecular weight excluding hydrogens is 358 g/mol. The molecule has 0 unspecified atom stereocenters. The normalized spacial score (nSPS) is 10.5. The van der Waals surface area contributed by atoms with E-state index in [0.29, 0.717) is 27.8 Å². The first-order valence-electron chi connectivity index (χ1n) is 7.57. The number of hydrogen-bond donors (Lipinski definition) is 2. The number of nitrogens with one attached hydrogen (secondary N) is 2. The molecule has 0 fully saturated rings. The molecular formula is C18H18ClN3O4. The molecule has 0 aliphatic carbocycles.